The maximum atomic E-state index is 12.5. The SMILES string of the molecule is COc1ccccc1NC(=O)C1(C(N)=S)CCCC1. The number of anilines is 1. The lowest BCUT2D eigenvalue weighted by atomic mass is 9.85. The van der Waals surface area contributed by atoms with E-state index in [9.17, 15) is 4.79 Å². The molecule has 0 atom stereocenters. The molecular weight excluding hydrogens is 260 g/mol. The normalized spacial score (nSPS) is 16.9. The highest BCUT2D eigenvalue weighted by molar-refractivity contribution is 7.80. The number of carbonyl (C=O) groups excluding carboxylic acids is 1. The first kappa shape index (κ1) is 13.8. The fraction of sp³-hybridized carbons (Fsp3) is 0.429. The van der Waals surface area contributed by atoms with Crippen LogP contribution in [0.5, 0.6) is 5.75 Å². The number of carbonyl (C=O) groups is 1. The van der Waals surface area contributed by atoms with Gasteiger partial charge in [0, 0.05) is 0 Å². The number of nitrogens with two attached hydrogens (primary N) is 1. The molecule has 1 aliphatic carbocycles. The van der Waals surface area contributed by atoms with Crippen LogP contribution in [-0.2, 0) is 4.79 Å². The Hall–Kier alpha value is -1.62. The third kappa shape index (κ3) is 2.56. The summed E-state index contributed by atoms with van der Waals surface area (Å²) >= 11 is 5.11. The second-order valence-corrected chi connectivity index (χ2v) is 5.25. The van der Waals surface area contributed by atoms with E-state index >= 15 is 0 Å². The number of rotatable bonds is 4. The number of hydrogen-bond acceptors (Lipinski definition) is 3. The van der Waals surface area contributed by atoms with Crippen molar-refractivity contribution in [2.75, 3.05) is 12.4 Å². The molecule has 0 aliphatic heterocycles. The fourth-order valence-corrected chi connectivity index (χ4v) is 2.85. The van der Waals surface area contributed by atoms with Gasteiger partial charge in [-0.25, -0.2) is 0 Å². The van der Waals surface area contributed by atoms with Crippen LogP contribution in [0, 0.1) is 5.41 Å². The summed E-state index contributed by atoms with van der Waals surface area (Å²) in [4.78, 5) is 12.8. The Morgan fingerprint density at radius 1 is 1.37 bits per heavy atom. The first-order valence-electron chi connectivity index (χ1n) is 6.34. The van der Waals surface area contributed by atoms with Crippen LogP contribution in [0.1, 0.15) is 25.7 Å². The van der Waals surface area contributed by atoms with E-state index in [0.29, 0.717) is 11.4 Å². The molecule has 0 aromatic heterocycles. The minimum absolute atomic E-state index is 0.123. The smallest absolute Gasteiger partial charge is 0.237 e. The highest BCUT2D eigenvalue weighted by Crippen LogP contribution is 2.40. The Kier molecular flexibility index (Phi) is 4.04. The number of benzene rings is 1. The summed E-state index contributed by atoms with van der Waals surface area (Å²) in [6.45, 7) is 0. The average molecular weight is 278 g/mol. The number of thiocarbonyl (C=S) groups is 1. The second-order valence-electron chi connectivity index (χ2n) is 4.81. The summed E-state index contributed by atoms with van der Waals surface area (Å²) in [5, 5.41) is 2.89. The van der Waals surface area contributed by atoms with E-state index in [4.69, 9.17) is 22.7 Å². The van der Waals surface area contributed by atoms with E-state index in [-0.39, 0.29) is 10.9 Å². The summed E-state index contributed by atoms with van der Waals surface area (Å²) in [7, 11) is 1.57. The van der Waals surface area contributed by atoms with E-state index in [2.05, 4.69) is 5.32 Å². The highest BCUT2D eigenvalue weighted by atomic mass is 32.1. The molecule has 1 aliphatic rings. The van der Waals surface area contributed by atoms with E-state index in [0.717, 1.165) is 25.7 Å². The molecule has 102 valence electrons. The number of hydrogen-bond donors (Lipinski definition) is 2. The number of para-hydroxylation sites is 2. The average Bonchev–Trinajstić information content (AvgIpc) is 2.90. The van der Waals surface area contributed by atoms with Crippen molar-refractivity contribution in [1.82, 2.24) is 0 Å². The zero-order valence-corrected chi connectivity index (χ0v) is 11.8. The van der Waals surface area contributed by atoms with Crippen LogP contribution in [0.3, 0.4) is 0 Å². The van der Waals surface area contributed by atoms with Crippen molar-refractivity contribution in [3.05, 3.63) is 24.3 Å². The van der Waals surface area contributed by atoms with Crippen LogP contribution in [0.15, 0.2) is 24.3 Å². The molecule has 0 unspecified atom stereocenters. The fourth-order valence-electron chi connectivity index (χ4n) is 2.55. The van der Waals surface area contributed by atoms with Crippen molar-refractivity contribution >= 4 is 28.8 Å². The van der Waals surface area contributed by atoms with Gasteiger partial charge in [-0.2, -0.15) is 0 Å². The van der Waals surface area contributed by atoms with Crippen molar-refractivity contribution in [1.29, 1.82) is 0 Å². The molecule has 0 bridgehead atoms. The summed E-state index contributed by atoms with van der Waals surface area (Å²) in [5.74, 6) is 0.508. The van der Waals surface area contributed by atoms with Gasteiger partial charge < -0.3 is 15.8 Å². The topological polar surface area (TPSA) is 64.3 Å². The van der Waals surface area contributed by atoms with Crippen molar-refractivity contribution in [3.63, 3.8) is 0 Å². The van der Waals surface area contributed by atoms with Gasteiger partial charge >= 0.3 is 0 Å². The van der Waals surface area contributed by atoms with Gasteiger partial charge in [0.25, 0.3) is 0 Å². The molecule has 1 aromatic rings. The lowest BCUT2D eigenvalue weighted by Gasteiger charge is -2.26. The van der Waals surface area contributed by atoms with Gasteiger partial charge in [0.1, 0.15) is 5.75 Å². The number of methoxy groups -OCH3 is 1. The van der Waals surface area contributed by atoms with Crippen LogP contribution in [0.4, 0.5) is 5.69 Å². The standard InChI is InChI=1S/C14H18N2O2S/c1-18-11-7-3-2-6-10(11)16-13(17)14(12(15)19)8-4-5-9-14/h2-3,6-7H,4-5,8-9H2,1H3,(H2,15,19)(H,16,17). The van der Waals surface area contributed by atoms with Crippen LogP contribution < -0.4 is 15.8 Å². The summed E-state index contributed by atoms with van der Waals surface area (Å²) in [6.07, 6.45) is 3.42. The van der Waals surface area contributed by atoms with Gasteiger partial charge in [0.05, 0.1) is 23.2 Å². The zero-order chi connectivity index (χ0) is 13.9. The molecule has 2 rings (SSSR count). The van der Waals surface area contributed by atoms with Gasteiger partial charge in [0.2, 0.25) is 5.91 Å². The quantitative estimate of drug-likeness (QED) is 0.831. The summed E-state index contributed by atoms with van der Waals surface area (Å²) < 4.78 is 5.22. The zero-order valence-electron chi connectivity index (χ0n) is 10.9. The maximum absolute atomic E-state index is 12.5. The van der Waals surface area contributed by atoms with Gasteiger partial charge in [0.15, 0.2) is 0 Å². The van der Waals surface area contributed by atoms with Gasteiger partial charge in [-0.3, -0.25) is 4.79 Å². The minimum atomic E-state index is -0.698. The van der Waals surface area contributed by atoms with Crippen molar-refractivity contribution in [2.24, 2.45) is 11.1 Å². The van der Waals surface area contributed by atoms with Crippen LogP contribution in [0.2, 0.25) is 0 Å². The molecule has 1 aromatic carbocycles. The molecule has 5 heteroatoms. The van der Waals surface area contributed by atoms with Gasteiger partial charge in [-0.1, -0.05) is 37.2 Å². The van der Waals surface area contributed by atoms with Crippen LogP contribution in [-0.4, -0.2) is 18.0 Å². The van der Waals surface area contributed by atoms with E-state index in [1.54, 1.807) is 19.2 Å². The third-order valence-electron chi connectivity index (χ3n) is 3.72. The third-order valence-corrected chi connectivity index (χ3v) is 4.11. The molecule has 1 amide bonds. The largest absolute Gasteiger partial charge is 0.495 e. The Labute approximate surface area is 118 Å². The Morgan fingerprint density at radius 2 is 2.00 bits per heavy atom. The second kappa shape index (κ2) is 5.57. The van der Waals surface area contributed by atoms with Crippen molar-refractivity contribution in [2.45, 2.75) is 25.7 Å². The molecule has 0 radical (unpaired) electrons. The maximum Gasteiger partial charge on any atom is 0.237 e. The first-order valence-corrected chi connectivity index (χ1v) is 6.75. The predicted octanol–water partition coefficient (Wildman–Crippen LogP) is 2.48. The molecule has 0 spiro atoms. The van der Waals surface area contributed by atoms with Crippen molar-refractivity contribution < 1.29 is 9.53 Å². The van der Waals surface area contributed by atoms with Crippen LogP contribution in [0.25, 0.3) is 0 Å². The summed E-state index contributed by atoms with van der Waals surface area (Å²) in [6, 6.07) is 7.31. The molecule has 19 heavy (non-hydrogen) atoms. The lowest BCUT2D eigenvalue weighted by molar-refractivity contribution is -0.122. The minimum Gasteiger partial charge on any atom is -0.495 e. The van der Waals surface area contributed by atoms with Crippen molar-refractivity contribution in [3.8, 4) is 5.75 Å². The number of amides is 1. The Morgan fingerprint density at radius 3 is 2.58 bits per heavy atom. The molecule has 0 heterocycles. The molecule has 3 N–H and O–H groups in total. The monoisotopic (exact) mass is 278 g/mol. The Balaban J connectivity index is 2.22. The van der Waals surface area contributed by atoms with Gasteiger partial charge in [-0.05, 0) is 25.0 Å². The van der Waals surface area contributed by atoms with E-state index in [1.807, 2.05) is 12.1 Å². The number of nitrogens with one attached hydrogen (secondary N) is 1. The Bertz CT molecular complexity index is 496. The molecular formula is C14H18N2O2S. The predicted molar refractivity (Wildman–Crippen MR) is 79.3 cm³/mol. The lowest BCUT2D eigenvalue weighted by Crippen LogP contribution is -2.43. The van der Waals surface area contributed by atoms with Crippen LogP contribution >= 0.6 is 12.2 Å². The molecule has 1 fully saturated rings. The van der Waals surface area contributed by atoms with Gasteiger partial charge in [-0.15, -0.1) is 0 Å². The molecule has 4 nitrogen and oxygen atoms in total. The summed E-state index contributed by atoms with van der Waals surface area (Å²) in [5.41, 5.74) is 5.75. The van der Waals surface area contributed by atoms with E-state index in [1.165, 1.54) is 0 Å². The molecule has 0 saturated heterocycles. The molecule has 1 saturated carbocycles. The first-order chi connectivity index (χ1) is 9.10. The van der Waals surface area contributed by atoms with E-state index < -0.39 is 5.41 Å². The highest BCUT2D eigenvalue weighted by Gasteiger charge is 2.44. The number of ether oxygens (including phenoxy) is 1.